The quantitative estimate of drug-likeness (QED) is 0.590. The summed E-state index contributed by atoms with van der Waals surface area (Å²) in [5.74, 6) is -0.531. The molecule has 0 aromatic heterocycles. The summed E-state index contributed by atoms with van der Waals surface area (Å²) in [6.45, 7) is 5.14. The Labute approximate surface area is 188 Å². The van der Waals surface area contributed by atoms with Crippen LogP contribution in [0.25, 0.3) is 0 Å². The van der Waals surface area contributed by atoms with E-state index in [0.29, 0.717) is 17.2 Å². The fourth-order valence-electron chi connectivity index (χ4n) is 4.21. The van der Waals surface area contributed by atoms with Crippen molar-refractivity contribution in [1.82, 2.24) is 20.9 Å². The molecule has 7 nitrogen and oxygen atoms in total. The molecule has 3 amide bonds. The van der Waals surface area contributed by atoms with Gasteiger partial charge >= 0.3 is 6.03 Å². The number of nitrogens with zero attached hydrogens (tertiary/aromatic N) is 2. The topological polar surface area (TPSA) is 76.7 Å². The lowest BCUT2D eigenvalue weighted by atomic mass is 10.0. The molecule has 0 saturated carbocycles. The molecule has 0 bridgehead atoms. The van der Waals surface area contributed by atoms with E-state index in [1.807, 2.05) is 29.2 Å². The Bertz CT molecular complexity index is 928. The van der Waals surface area contributed by atoms with Gasteiger partial charge in [-0.25, -0.2) is 9.18 Å². The van der Waals surface area contributed by atoms with Crippen molar-refractivity contribution in [2.75, 3.05) is 44.2 Å². The molecule has 32 heavy (non-hydrogen) atoms. The zero-order chi connectivity index (χ0) is 22.3. The second-order valence-electron chi connectivity index (χ2n) is 8.26. The van der Waals surface area contributed by atoms with Crippen molar-refractivity contribution in [3.63, 3.8) is 0 Å². The van der Waals surface area contributed by atoms with E-state index < -0.39 is 0 Å². The first-order chi connectivity index (χ1) is 15.6. The summed E-state index contributed by atoms with van der Waals surface area (Å²) < 4.78 is 13.7. The number of benzene rings is 2. The molecule has 0 radical (unpaired) electrons. The molecule has 2 fully saturated rings. The van der Waals surface area contributed by atoms with Gasteiger partial charge < -0.3 is 25.8 Å². The molecule has 0 aliphatic carbocycles. The summed E-state index contributed by atoms with van der Waals surface area (Å²) in [4.78, 5) is 28.1. The van der Waals surface area contributed by atoms with Crippen molar-refractivity contribution in [3.8, 4) is 0 Å². The molecule has 2 aliphatic rings. The molecule has 0 spiro atoms. The molecular weight excluding hydrogens is 409 g/mol. The molecule has 3 N–H and O–H groups in total. The number of carbonyl (C=O) groups is 2. The SMILES string of the molecule is O=C(NCc1ccccc1F)c1ccc(N2CCC(NCCN3CCNC3=O)CC2)cc1. The van der Waals surface area contributed by atoms with E-state index in [-0.39, 0.29) is 24.3 Å². The largest absolute Gasteiger partial charge is 0.371 e. The summed E-state index contributed by atoms with van der Waals surface area (Å²) in [5.41, 5.74) is 2.13. The predicted octanol–water partition coefficient (Wildman–Crippen LogP) is 2.34. The van der Waals surface area contributed by atoms with E-state index in [1.165, 1.54) is 6.07 Å². The average Bonchev–Trinajstić information content (AvgIpc) is 3.23. The predicted molar refractivity (Wildman–Crippen MR) is 122 cm³/mol. The summed E-state index contributed by atoms with van der Waals surface area (Å²) >= 11 is 0. The van der Waals surface area contributed by atoms with Crippen LogP contribution in [0.3, 0.4) is 0 Å². The van der Waals surface area contributed by atoms with Gasteiger partial charge in [0.05, 0.1) is 0 Å². The van der Waals surface area contributed by atoms with Gasteiger partial charge in [0.25, 0.3) is 5.91 Å². The molecule has 2 aromatic rings. The summed E-state index contributed by atoms with van der Waals surface area (Å²) in [6.07, 6.45) is 2.08. The Hall–Kier alpha value is -3.13. The van der Waals surface area contributed by atoms with Gasteiger partial charge in [0.15, 0.2) is 0 Å². The number of hydrogen-bond donors (Lipinski definition) is 3. The molecule has 4 rings (SSSR count). The number of urea groups is 1. The van der Waals surface area contributed by atoms with Crippen LogP contribution in [0, 0.1) is 5.82 Å². The van der Waals surface area contributed by atoms with Crippen LogP contribution in [0.1, 0.15) is 28.8 Å². The number of amides is 3. The number of carbonyl (C=O) groups excluding carboxylic acids is 2. The second kappa shape index (κ2) is 10.5. The fraction of sp³-hybridized carbons (Fsp3) is 0.417. The maximum absolute atomic E-state index is 13.7. The van der Waals surface area contributed by atoms with Gasteiger partial charge in [-0.3, -0.25) is 4.79 Å². The lowest BCUT2D eigenvalue weighted by Crippen LogP contribution is -2.45. The van der Waals surface area contributed by atoms with Crippen LogP contribution in [-0.4, -0.2) is 62.1 Å². The summed E-state index contributed by atoms with van der Waals surface area (Å²) in [6, 6.07) is 14.5. The molecule has 2 saturated heterocycles. The van der Waals surface area contributed by atoms with Gasteiger partial charge in [-0.2, -0.15) is 0 Å². The van der Waals surface area contributed by atoms with Crippen molar-refractivity contribution in [3.05, 3.63) is 65.5 Å². The molecule has 8 heteroatoms. The molecule has 0 atom stereocenters. The number of rotatable bonds is 8. The first-order valence-corrected chi connectivity index (χ1v) is 11.2. The lowest BCUT2D eigenvalue weighted by Gasteiger charge is -2.34. The maximum Gasteiger partial charge on any atom is 0.317 e. The molecular formula is C24H30FN5O2. The maximum atomic E-state index is 13.7. The second-order valence-corrected chi connectivity index (χ2v) is 8.26. The van der Waals surface area contributed by atoms with E-state index in [2.05, 4.69) is 20.9 Å². The zero-order valence-electron chi connectivity index (χ0n) is 18.1. The minimum atomic E-state index is -0.317. The highest BCUT2D eigenvalue weighted by Crippen LogP contribution is 2.21. The van der Waals surface area contributed by atoms with Crippen molar-refractivity contribution in [2.24, 2.45) is 0 Å². The molecule has 2 heterocycles. The van der Waals surface area contributed by atoms with Gasteiger partial charge in [0.1, 0.15) is 5.82 Å². The number of piperidine rings is 1. The smallest absolute Gasteiger partial charge is 0.317 e. The van der Waals surface area contributed by atoms with Crippen LogP contribution in [0.4, 0.5) is 14.9 Å². The average molecular weight is 440 g/mol. The number of hydrogen-bond acceptors (Lipinski definition) is 4. The third kappa shape index (κ3) is 5.56. The third-order valence-corrected chi connectivity index (χ3v) is 6.15. The highest BCUT2D eigenvalue weighted by molar-refractivity contribution is 5.94. The first-order valence-electron chi connectivity index (χ1n) is 11.2. The van der Waals surface area contributed by atoms with Crippen LogP contribution >= 0.6 is 0 Å². The molecule has 2 aromatic carbocycles. The summed E-state index contributed by atoms with van der Waals surface area (Å²) in [7, 11) is 0. The Balaban J connectivity index is 1.20. The van der Waals surface area contributed by atoms with E-state index in [9.17, 15) is 14.0 Å². The van der Waals surface area contributed by atoms with Crippen LogP contribution in [0.15, 0.2) is 48.5 Å². The number of anilines is 1. The lowest BCUT2D eigenvalue weighted by molar-refractivity contribution is 0.0950. The van der Waals surface area contributed by atoms with Gasteiger partial charge in [-0.15, -0.1) is 0 Å². The Morgan fingerprint density at radius 3 is 2.50 bits per heavy atom. The van der Waals surface area contributed by atoms with E-state index in [1.54, 1.807) is 18.2 Å². The minimum absolute atomic E-state index is 0.0333. The van der Waals surface area contributed by atoms with Gasteiger partial charge in [-0.05, 0) is 43.2 Å². The highest BCUT2D eigenvalue weighted by Gasteiger charge is 2.21. The normalized spacial score (nSPS) is 16.8. The first kappa shape index (κ1) is 22.1. The third-order valence-electron chi connectivity index (χ3n) is 6.15. The van der Waals surface area contributed by atoms with Crippen molar-refractivity contribution in [1.29, 1.82) is 0 Å². The fourth-order valence-corrected chi connectivity index (χ4v) is 4.21. The van der Waals surface area contributed by atoms with Crippen molar-refractivity contribution >= 4 is 17.6 Å². The standard InChI is InChI=1S/C24H30FN5O2/c25-22-4-2-1-3-19(22)17-28-23(31)18-5-7-21(8-6-18)29-13-9-20(10-14-29)26-11-15-30-16-12-27-24(30)32/h1-8,20,26H,9-17H2,(H,27,32)(H,28,31). The summed E-state index contributed by atoms with van der Waals surface area (Å²) in [5, 5.41) is 9.16. The van der Waals surface area contributed by atoms with Crippen LogP contribution < -0.4 is 20.9 Å². The van der Waals surface area contributed by atoms with E-state index >= 15 is 0 Å². The van der Waals surface area contributed by atoms with E-state index in [0.717, 1.165) is 57.8 Å². The van der Waals surface area contributed by atoms with Gasteiger partial charge in [0.2, 0.25) is 0 Å². The Morgan fingerprint density at radius 2 is 1.81 bits per heavy atom. The molecule has 170 valence electrons. The van der Waals surface area contributed by atoms with E-state index in [4.69, 9.17) is 0 Å². The van der Waals surface area contributed by atoms with Gasteiger partial charge in [0, 0.05) is 68.7 Å². The van der Waals surface area contributed by atoms with Crippen molar-refractivity contribution < 1.29 is 14.0 Å². The Morgan fingerprint density at radius 1 is 1.06 bits per heavy atom. The monoisotopic (exact) mass is 439 g/mol. The number of nitrogens with one attached hydrogen (secondary N) is 3. The van der Waals surface area contributed by atoms with Gasteiger partial charge in [-0.1, -0.05) is 18.2 Å². The van der Waals surface area contributed by atoms with Crippen LogP contribution in [-0.2, 0) is 6.54 Å². The van der Waals surface area contributed by atoms with Crippen LogP contribution in [0.2, 0.25) is 0 Å². The zero-order valence-corrected chi connectivity index (χ0v) is 18.1. The highest BCUT2D eigenvalue weighted by atomic mass is 19.1. The minimum Gasteiger partial charge on any atom is -0.371 e. The Kier molecular flexibility index (Phi) is 7.21. The van der Waals surface area contributed by atoms with Crippen LogP contribution in [0.5, 0.6) is 0 Å². The molecule has 0 unspecified atom stereocenters. The van der Waals surface area contributed by atoms with Crippen molar-refractivity contribution in [2.45, 2.75) is 25.4 Å². The number of halogens is 1. The molecule has 2 aliphatic heterocycles.